The van der Waals surface area contributed by atoms with Crippen LogP contribution in [-0.4, -0.2) is 11.5 Å². The zero-order valence-electron chi connectivity index (χ0n) is 9.08. The maximum atomic E-state index is 5.91. The van der Waals surface area contributed by atoms with Crippen LogP contribution in [0.1, 0.15) is 31.7 Å². The summed E-state index contributed by atoms with van der Waals surface area (Å²) in [5.41, 5.74) is 1.34. The minimum absolute atomic E-state index is 0.257. The third-order valence-electron chi connectivity index (χ3n) is 2.58. The topological polar surface area (TPSA) is 9.23 Å². The molecule has 82 valence electrons. The van der Waals surface area contributed by atoms with Crippen LogP contribution in [0.3, 0.4) is 0 Å². The summed E-state index contributed by atoms with van der Waals surface area (Å²) < 4.78 is 5.68. The van der Waals surface area contributed by atoms with Gasteiger partial charge in [0.15, 0.2) is 0 Å². The minimum atomic E-state index is 0.257. The molecule has 15 heavy (non-hydrogen) atoms. The summed E-state index contributed by atoms with van der Waals surface area (Å²) in [5.74, 6) is 1.00. The van der Waals surface area contributed by atoms with E-state index < -0.39 is 0 Å². The van der Waals surface area contributed by atoms with E-state index in [9.17, 15) is 0 Å². The highest BCUT2D eigenvalue weighted by Crippen LogP contribution is 2.26. The fourth-order valence-electron chi connectivity index (χ4n) is 1.48. The van der Waals surface area contributed by atoms with Gasteiger partial charge in [-0.3, -0.25) is 0 Å². The number of benzene rings is 1. The van der Waals surface area contributed by atoms with Crippen LogP contribution in [0, 0.1) is 0 Å². The molecule has 2 heteroatoms. The number of halogens is 1. The number of rotatable bonds is 5. The summed E-state index contributed by atoms with van der Waals surface area (Å²) >= 11 is 5.91. The van der Waals surface area contributed by atoms with Crippen molar-refractivity contribution in [1.29, 1.82) is 0 Å². The molecule has 1 unspecified atom stereocenters. The Labute approximate surface area is 96.4 Å². The molecule has 0 N–H and O–H groups in total. The zero-order chi connectivity index (χ0) is 10.7. The molecule has 1 fully saturated rings. The molecule has 1 saturated carbocycles. The van der Waals surface area contributed by atoms with Crippen molar-refractivity contribution in [3.63, 3.8) is 0 Å². The summed E-state index contributed by atoms with van der Waals surface area (Å²) in [6, 6.07) is 8.40. The predicted octanol–water partition coefficient (Wildman–Crippen LogP) is 3.79. The highest BCUT2D eigenvalue weighted by Gasteiger charge is 2.23. The van der Waals surface area contributed by atoms with Crippen LogP contribution in [-0.2, 0) is 6.42 Å². The lowest BCUT2D eigenvalue weighted by molar-refractivity contribution is 0.303. The van der Waals surface area contributed by atoms with Crippen LogP contribution in [0.15, 0.2) is 24.3 Å². The van der Waals surface area contributed by atoms with Crippen LogP contribution < -0.4 is 4.74 Å². The summed E-state index contributed by atoms with van der Waals surface area (Å²) in [6.07, 6.45) is 4.99. The van der Waals surface area contributed by atoms with Crippen molar-refractivity contribution < 1.29 is 4.74 Å². The highest BCUT2D eigenvalue weighted by molar-refractivity contribution is 6.20. The van der Waals surface area contributed by atoms with Gasteiger partial charge in [-0.05, 0) is 50.3 Å². The zero-order valence-corrected chi connectivity index (χ0v) is 9.83. The quantitative estimate of drug-likeness (QED) is 0.692. The van der Waals surface area contributed by atoms with Gasteiger partial charge in [-0.15, -0.1) is 11.6 Å². The molecule has 1 atom stereocenters. The molecule has 1 nitrogen and oxygen atoms in total. The first kappa shape index (κ1) is 10.8. The summed E-state index contributed by atoms with van der Waals surface area (Å²) in [6.45, 7) is 2.03. The molecule has 1 aromatic rings. The molecular formula is C13H17ClO. The second kappa shape index (κ2) is 4.89. The van der Waals surface area contributed by atoms with E-state index in [0.717, 1.165) is 18.6 Å². The standard InChI is InChI=1S/C13H17ClO/c1-10(14)2-3-11-4-6-12(7-5-11)15-13-8-9-13/h4-7,10,13H,2-3,8-9H2,1H3. The Balaban J connectivity index is 1.85. The Kier molecular flexibility index (Phi) is 3.53. The average molecular weight is 225 g/mol. The largest absolute Gasteiger partial charge is 0.490 e. The van der Waals surface area contributed by atoms with E-state index in [0.29, 0.717) is 6.10 Å². The Hall–Kier alpha value is -0.690. The van der Waals surface area contributed by atoms with Crippen LogP contribution in [0.4, 0.5) is 0 Å². The second-order valence-corrected chi connectivity index (χ2v) is 5.03. The smallest absolute Gasteiger partial charge is 0.119 e. The molecule has 1 aliphatic rings. The van der Waals surface area contributed by atoms with Crippen molar-refractivity contribution >= 4 is 11.6 Å². The van der Waals surface area contributed by atoms with E-state index >= 15 is 0 Å². The first-order valence-electron chi connectivity index (χ1n) is 5.64. The molecule has 0 saturated heterocycles. The molecule has 2 rings (SSSR count). The molecule has 0 bridgehead atoms. The predicted molar refractivity (Wildman–Crippen MR) is 63.7 cm³/mol. The molecule has 0 aliphatic heterocycles. The second-order valence-electron chi connectivity index (χ2n) is 4.28. The third kappa shape index (κ3) is 3.75. The van der Waals surface area contributed by atoms with Crippen LogP contribution in [0.25, 0.3) is 0 Å². The Morgan fingerprint density at radius 1 is 1.33 bits per heavy atom. The van der Waals surface area contributed by atoms with Gasteiger partial charge in [0.05, 0.1) is 6.10 Å². The van der Waals surface area contributed by atoms with E-state index in [1.807, 2.05) is 6.92 Å². The number of hydrogen-bond acceptors (Lipinski definition) is 1. The molecule has 0 heterocycles. The van der Waals surface area contributed by atoms with Gasteiger partial charge in [0.1, 0.15) is 5.75 Å². The van der Waals surface area contributed by atoms with Crippen LogP contribution in [0.2, 0.25) is 0 Å². The van der Waals surface area contributed by atoms with Crippen LogP contribution in [0.5, 0.6) is 5.75 Å². The monoisotopic (exact) mass is 224 g/mol. The lowest BCUT2D eigenvalue weighted by Gasteiger charge is -2.06. The van der Waals surface area contributed by atoms with Crippen molar-refractivity contribution in [3.8, 4) is 5.75 Å². The van der Waals surface area contributed by atoms with E-state index in [-0.39, 0.29) is 5.38 Å². The van der Waals surface area contributed by atoms with Crippen molar-refractivity contribution in [2.45, 2.75) is 44.1 Å². The van der Waals surface area contributed by atoms with E-state index in [1.165, 1.54) is 18.4 Å². The number of aryl methyl sites for hydroxylation is 1. The molecule has 0 aromatic heterocycles. The van der Waals surface area contributed by atoms with Gasteiger partial charge < -0.3 is 4.74 Å². The van der Waals surface area contributed by atoms with Gasteiger partial charge in [0.25, 0.3) is 0 Å². The Morgan fingerprint density at radius 3 is 2.53 bits per heavy atom. The highest BCUT2D eigenvalue weighted by atomic mass is 35.5. The van der Waals surface area contributed by atoms with E-state index in [1.54, 1.807) is 0 Å². The van der Waals surface area contributed by atoms with Gasteiger partial charge in [-0.2, -0.15) is 0 Å². The van der Waals surface area contributed by atoms with Gasteiger partial charge in [0.2, 0.25) is 0 Å². The maximum Gasteiger partial charge on any atom is 0.119 e. The first-order valence-corrected chi connectivity index (χ1v) is 6.07. The van der Waals surface area contributed by atoms with Gasteiger partial charge in [0, 0.05) is 5.38 Å². The summed E-state index contributed by atoms with van der Waals surface area (Å²) in [5, 5.41) is 0.257. The van der Waals surface area contributed by atoms with Crippen molar-refractivity contribution in [2.75, 3.05) is 0 Å². The molecule has 0 radical (unpaired) electrons. The first-order chi connectivity index (χ1) is 7.24. The lowest BCUT2D eigenvalue weighted by Crippen LogP contribution is -1.97. The summed E-state index contributed by atoms with van der Waals surface area (Å²) in [7, 11) is 0. The number of alkyl halides is 1. The fourth-order valence-corrected chi connectivity index (χ4v) is 1.59. The lowest BCUT2D eigenvalue weighted by atomic mass is 10.1. The Bertz CT molecular complexity index is 301. The Morgan fingerprint density at radius 2 is 2.00 bits per heavy atom. The fraction of sp³-hybridized carbons (Fsp3) is 0.538. The molecule has 0 spiro atoms. The van der Waals surface area contributed by atoms with Crippen molar-refractivity contribution in [3.05, 3.63) is 29.8 Å². The number of hydrogen-bond donors (Lipinski definition) is 0. The SMILES string of the molecule is CC(Cl)CCc1ccc(OC2CC2)cc1. The van der Waals surface area contributed by atoms with Gasteiger partial charge >= 0.3 is 0 Å². The normalized spacial score (nSPS) is 17.5. The van der Waals surface area contributed by atoms with Crippen molar-refractivity contribution in [1.82, 2.24) is 0 Å². The number of ether oxygens (including phenoxy) is 1. The minimum Gasteiger partial charge on any atom is -0.490 e. The average Bonchev–Trinajstić information content (AvgIpc) is 3.01. The maximum absolute atomic E-state index is 5.91. The third-order valence-corrected chi connectivity index (χ3v) is 2.80. The summed E-state index contributed by atoms with van der Waals surface area (Å²) in [4.78, 5) is 0. The van der Waals surface area contributed by atoms with Gasteiger partial charge in [-0.1, -0.05) is 12.1 Å². The van der Waals surface area contributed by atoms with Crippen LogP contribution >= 0.6 is 11.6 Å². The molecule has 0 amide bonds. The van der Waals surface area contributed by atoms with Crippen molar-refractivity contribution in [2.24, 2.45) is 0 Å². The van der Waals surface area contributed by atoms with E-state index in [4.69, 9.17) is 16.3 Å². The van der Waals surface area contributed by atoms with Gasteiger partial charge in [-0.25, -0.2) is 0 Å². The van der Waals surface area contributed by atoms with E-state index in [2.05, 4.69) is 24.3 Å². The molecule has 1 aliphatic carbocycles. The molecule has 1 aromatic carbocycles. The molecular weight excluding hydrogens is 208 g/mol.